The maximum absolute atomic E-state index is 13.0. The van der Waals surface area contributed by atoms with Crippen molar-refractivity contribution in [3.8, 4) is 6.07 Å². The molecule has 0 bridgehead atoms. The van der Waals surface area contributed by atoms with Gasteiger partial charge in [0.25, 0.3) is 0 Å². The van der Waals surface area contributed by atoms with Crippen molar-refractivity contribution in [3.05, 3.63) is 29.8 Å². The minimum atomic E-state index is -0.184. The van der Waals surface area contributed by atoms with E-state index in [1.165, 1.54) is 0 Å². The van der Waals surface area contributed by atoms with E-state index >= 15 is 0 Å². The van der Waals surface area contributed by atoms with Crippen molar-refractivity contribution in [2.45, 2.75) is 46.0 Å². The molecule has 0 heterocycles. The molecule has 0 atom stereocenters. The number of hydrogen-bond acceptors (Lipinski definition) is 2. The van der Waals surface area contributed by atoms with Gasteiger partial charge in [0, 0.05) is 18.2 Å². The zero-order valence-corrected chi connectivity index (χ0v) is 13.2. The van der Waals surface area contributed by atoms with Crippen LogP contribution in [0.3, 0.4) is 0 Å². The van der Waals surface area contributed by atoms with Gasteiger partial charge in [0.1, 0.15) is 0 Å². The van der Waals surface area contributed by atoms with E-state index < -0.39 is 0 Å². The number of amides is 1. The lowest BCUT2D eigenvalue weighted by atomic mass is 9.77. The predicted molar refractivity (Wildman–Crippen MR) is 84.9 cm³/mol. The Balaban J connectivity index is 2.21. The second-order valence-corrected chi connectivity index (χ2v) is 6.61. The molecule has 0 radical (unpaired) electrons. The Kier molecular flexibility index (Phi) is 4.67. The SMILES string of the molecule is CC(C)CC1(C(=O)N(C)c2ccc(C#N)cc2)CCCC1. The average Bonchev–Trinajstić information content (AvgIpc) is 2.94. The lowest BCUT2D eigenvalue weighted by Crippen LogP contribution is -2.41. The van der Waals surface area contributed by atoms with Crippen LogP contribution >= 0.6 is 0 Å². The molecule has 1 aliphatic rings. The fourth-order valence-electron chi connectivity index (χ4n) is 3.57. The molecule has 1 amide bonds. The highest BCUT2D eigenvalue weighted by Crippen LogP contribution is 2.45. The third-order valence-corrected chi connectivity index (χ3v) is 4.50. The van der Waals surface area contributed by atoms with Crippen LogP contribution in [0, 0.1) is 22.7 Å². The number of hydrogen-bond donors (Lipinski definition) is 0. The second kappa shape index (κ2) is 6.30. The number of nitriles is 1. The molecule has 0 aliphatic heterocycles. The van der Waals surface area contributed by atoms with Gasteiger partial charge in [-0.25, -0.2) is 0 Å². The van der Waals surface area contributed by atoms with Crippen molar-refractivity contribution in [1.29, 1.82) is 5.26 Å². The van der Waals surface area contributed by atoms with Crippen LogP contribution in [0.5, 0.6) is 0 Å². The molecule has 3 nitrogen and oxygen atoms in total. The monoisotopic (exact) mass is 284 g/mol. The molecule has 21 heavy (non-hydrogen) atoms. The molecular weight excluding hydrogens is 260 g/mol. The normalized spacial score (nSPS) is 16.7. The molecule has 0 saturated heterocycles. The average molecular weight is 284 g/mol. The van der Waals surface area contributed by atoms with Gasteiger partial charge in [-0.3, -0.25) is 4.79 Å². The number of rotatable bonds is 4. The molecular formula is C18H24N2O. The highest BCUT2D eigenvalue weighted by molar-refractivity contribution is 5.97. The van der Waals surface area contributed by atoms with Gasteiger partial charge in [0.15, 0.2) is 0 Å². The van der Waals surface area contributed by atoms with Crippen LogP contribution in [-0.4, -0.2) is 13.0 Å². The van der Waals surface area contributed by atoms with E-state index in [1.54, 1.807) is 17.0 Å². The Hall–Kier alpha value is -1.82. The Labute approximate surface area is 127 Å². The number of nitrogens with zero attached hydrogens (tertiary/aromatic N) is 2. The summed E-state index contributed by atoms with van der Waals surface area (Å²) in [5.41, 5.74) is 1.31. The van der Waals surface area contributed by atoms with Gasteiger partial charge in [-0.15, -0.1) is 0 Å². The highest BCUT2D eigenvalue weighted by atomic mass is 16.2. The van der Waals surface area contributed by atoms with E-state index in [4.69, 9.17) is 5.26 Å². The maximum Gasteiger partial charge on any atom is 0.232 e. The molecule has 1 aromatic rings. The highest BCUT2D eigenvalue weighted by Gasteiger charge is 2.43. The van der Waals surface area contributed by atoms with Crippen molar-refractivity contribution in [2.24, 2.45) is 11.3 Å². The minimum Gasteiger partial charge on any atom is -0.315 e. The Bertz CT molecular complexity index is 533. The summed E-state index contributed by atoms with van der Waals surface area (Å²) >= 11 is 0. The Morgan fingerprint density at radius 1 is 1.29 bits per heavy atom. The quantitative estimate of drug-likeness (QED) is 0.834. The lowest BCUT2D eigenvalue weighted by molar-refractivity contribution is -0.128. The van der Waals surface area contributed by atoms with Crippen LogP contribution in [0.2, 0.25) is 0 Å². The summed E-state index contributed by atoms with van der Waals surface area (Å²) in [7, 11) is 1.85. The summed E-state index contributed by atoms with van der Waals surface area (Å²) in [6.07, 6.45) is 5.28. The molecule has 0 spiro atoms. The van der Waals surface area contributed by atoms with Crippen molar-refractivity contribution in [2.75, 3.05) is 11.9 Å². The van der Waals surface area contributed by atoms with Crippen LogP contribution in [-0.2, 0) is 4.79 Å². The molecule has 1 fully saturated rings. The van der Waals surface area contributed by atoms with Gasteiger partial charge >= 0.3 is 0 Å². The van der Waals surface area contributed by atoms with E-state index in [9.17, 15) is 4.79 Å². The predicted octanol–water partition coefficient (Wildman–Crippen LogP) is 4.13. The van der Waals surface area contributed by atoms with Crippen molar-refractivity contribution >= 4 is 11.6 Å². The molecule has 0 unspecified atom stereocenters. The molecule has 1 saturated carbocycles. The van der Waals surface area contributed by atoms with Crippen molar-refractivity contribution < 1.29 is 4.79 Å². The lowest BCUT2D eigenvalue weighted by Gasteiger charge is -2.34. The summed E-state index contributed by atoms with van der Waals surface area (Å²) in [4.78, 5) is 14.8. The third kappa shape index (κ3) is 3.26. The first-order valence-electron chi connectivity index (χ1n) is 7.77. The number of anilines is 1. The molecule has 1 aliphatic carbocycles. The fraction of sp³-hybridized carbons (Fsp3) is 0.556. The molecule has 0 aromatic heterocycles. The van der Waals surface area contributed by atoms with E-state index in [0.717, 1.165) is 37.8 Å². The Morgan fingerprint density at radius 3 is 2.33 bits per heavy atom. The van der Waals surface area contributed by atoms with E-state index in [1.807, 2.05) is 19.2 Å². The van der Waals surface area contributed by atoms with Gasteiger partial charge in [-0.05, 0) is 49.4 Å². The maximum atomic E-state index is 13.0. The topological polar surface area (TPSA) is 44.1 Å². The first kappa shape index (κ1) is 15.6. The number of carbonyl (C=O) groups is 1. The van der Waals surface area contributed by atoms with Gasteiger partial charge < -0.3 is 4.90 Å². The molecule has 112 valence electrons. The molecule has 0 N–H and O–H groups in total. The van der Waals surface area contributed by atoms with Gasteiger partial charge in [-0.1, -0.05) is 26.7 Å². The van der Waals surface area contributed by atoms with E-state index in [0.29, 0.717) is 11.5 Å². The largest absolute Gasteiger partial charge is 0.315 e. The number of carbonyl (C=O) groups excluding carboxylic acids is 1. The first-order chi connectivity index (χ1) is 9.98. The van der Waals surface area contributed by atoms with E-state index in [2.05, 4.69) is 19.9 Å². The summed E-state index contributed by atoms with van der Waals surface area (Å²) < 4.78 is 0. The van der Waals surface area contributed by atoms with Crippen LogP contribution in [0.4, 0.5) is 5.69 Å². The third-order valence-electron chi connectivity index (χ3n) is 4.50. The molecule has 3 heteroatoms. The minimum absolute atomic E-state index is 0.184. The van der Waals surface area contributed by atoms with Crippen molar-refractivity contribution in [3.63, 3.8) is 0 Å². The summed E-state index contributed by atoms with van der Waals surface area (Å²) in [6.45, 7) is 4.38. The zero-order valence-electron chi connectivity index (χ0n) is 13.2. The van der Waals surface area contributed by atoms with Crippen LogP contribution in [0.25, 0.3) is 0 Å². The molecule has 2 rings (SSSR count). The second-order valence-electron chi connectivity index (χ2n) is 6.61. The standard InChI is InChI=1S/C18H24N2O/c1-14(2)12-18(10-4-5-11-18)17(21)20(3)16-8-6-15(13-19)7-9-16/h6-9,14H,4-5,10-12H2,1-3H3. The first-order valence-corrected chi connectivity index (χ1v) is 7.77. The van der Waals surface area contributed by atoms with Crippen LogP contribution in [0.15, 0.2) is 24.3 Å². The van der Waals surface area contributed by atoms with Gasteiger partial charge in [0.2, 0.25) is 5.91 Å². The smallest absolute Gasteiger partial charge is 0.232 e. The van der Waals surface area contributed by atoms with Crippen molar-refractivity contribution in [1.82, 2.24) is 0 Å². The van der Waals surface area contributed by atoms with Crippen LogP contribution in [0.1, 0.15) is 51.5 Å². The molecule has 1 aromatic carbocycles. The Morgan fingerprint density at radius 2 is 1.86 bits per heavy atom. The van der Waals surface area contributed by atoms with E-state index in [-0.39, 0.29) is 11.3 Å². The number of benzene rings is 1. The summed E-state index contributed by atoms with van der Waals surface area (Å²) in [5, 5.41) is 8.86. The zero-order chi connectivity index (χ0) is 15.5. The van der Waals surface area contributed by atoms with Gasteiger partial charge in [0.05, 0.1) is 11.6 Å². The van der Waals surface area contributed by atoms with Crippen LogP contribution < -0.4 is 4.90 Å². The summed E-state index contributed by atoms with van der Waals surface area (Å²) in [5.74, 6) is 0.764. The fourth-order valence-corrected chi connectivity index (χ4v) is 3.57. The summed E-state index contributed by atoms with van der Waals surface area (Å²) in [6, 6.07) is 9.35. The van der Waals surface area contributed by atoms with Gasteiger partial charge in [-0.2, -0.15) is 5.26 Å².